The summed E-state index contributed by atoms with van der Waals surface area (Å²) in [6, 6.07) is 13.1. The van der Waals surface area contributed by atoms with E-state index in [-0.39, 0.29) is 0 Å². The summed E-state index contributed by atoms with van der Waals surface area (Å²) >= 11 is 0. The van der Waals surface area contributed by atoms with Crippen LogP contribution in [0.25, 0.3) is 5.69 Å². The van der Waals surface area contributed by atoms with E-state index in [1.54, 1.807) is 0 Å². The zero-order valence-corrected chi connectivity index (χ0v) is 14.2. The van der Waals surface area contributed by atoms with E-state index in [0.717, 1.165) is 12.2 Å². The van der Waals surface area contributed by atoms with E-state index in [1.165, 1.54) is 33.9 Å². The van der Waals surface area contributed by atoms with E-state index in [2.05, 4.69) is 82.8 Å². The Labute approximate surface area is 142 Å². The van der Waals surface area contributed by atoms with Crippen LogP contribution in [0.5, 0.6) is 0 Å². The minimum absolute atomic E-state index is 0.292. The van der Waals surface area contributed by atoms with E-state index in [4.69, 9.17) is 0 Å². The van der Waals surface area contributed by atoms with Gasteiger partial charge in [-0.1, -0.05) is 18.2 Å². The lowest BCUT2D eigenvalue weighted by atomic mass is 10.0. The molecule has 0 bridgehead atoms. The van der Waals surface area contributed by atoms with Crippen molar-refractivity contribution in [3.63, 3.8) is 0 Å². The number of hydrogen-bond donors (Lipinski definition) is 0. The minimum Gasteiger partial charge on any atom is -0.353 e. The number of imidazole rings is 1. The molecule has 120 valence electrons. The molecule has 0 fully saturated rings. The second-order valence-corrected chi connectivity index (χ2v) is 6.72. The molecule has 0 saturated heterocycles. The summed E-state index contributed by atoms with van der Waals surface area (Å²) in [6.45, 7) is 4.48. The third-order valence-electron chi connectivity index (χ3n) is 5.47. The molecule has 2 aliphatic heterocycles. The predicted octanol–water partition coefficient (Wildman–Crippen LogP) is 4.02. The number of anilines is 3. The fraction of sp³-hybridized carbons (Fsp3) is 0.250. The topological polar surface area (TPSA) is 24.3 Å². The number of para-hydroxylation sites is 2. The van der Waals surface area contributed by atoms with Gasteiger partial charge in [-0.15, -0.1) is 0 Å². The molecule has 1 atom stereocenters. The molecule has 0 unspecified atom stereocenters. The van der Waals surface area contributed by atoms with Gasteiger partial charge in [0.1, 0.15) is 12.0 Å². The monoisotopic (exact) mass is 316 g/mol. The van der Waals surface area contributed by atoms with Crippen molar-refractivity contribution in [3.8, 4) is 5.69 Å². The summed E-state index contributed by atoms with van der Waals surface area (Å²) in [6.07, 6.45) is 5.14. The highest BCUT2D eigenvalue weighted by molar-refractivity contribution is 5.86. The molecule has 1 aromatic heterocycles. The zero-order chi connectivity index (χ0) is 16.4. The van der Waals surface area contributed by atoms with Gasteiger partial charge in [0.05, 0.1) is 22.7 Å². The summed E-state index contributed by atoms with van der Waals surface area (Å²) in [7, 11) is 2.17. The van der Waals surface area contributed by atoms with Crippen LogP contribution >= 0.6 is 0 Å². The van der Waals surface area contributed by atoms with Crippen LogP contribution in [-0.4, -0.2) is 22.8 Å². The van der Waals surface area contributed by atoms with E-state index in [1.807, 2.05) is 6.20 Å². The third kappa shape index (κ3) is 1.60. The maximum Gasteiger partial charge on any atom is 0.117 e. The van der Waals surface area contributed by atoms with Crippen molar-refractivity contribution in [2.75, 3.05) is 16.8 Å². The first kappa shape index (κ1) is 13.7. The van der Waals surface area contributed by atoms with E-state index < -0.39 is 0 Å². The first-order chi connectivity index (χ1) is 11.7. The molecule has 0 spiro atoms. The maximum atomic E-state index is 4.52. The van der Waals surface area contributed by atoms with Crippen LogP contribution in [0.3, 0.4) is 0 Å². The molecule has 3 heterocycles. The second-order valence-electron chi connectivity index (χ2n) is 6.72. The van der Waals surface area contributed by atoms with Crippen molar-refractivity contribution in [2.45, 2.75) is 26.4 Å². The molecule has 24 heavy (non-hydrogen) atoms. The molecule has 0 N–H and O–H groups in total. The predicted molar refractivity (Wildman–Crippen MR) is 97.6 cm³/mol. The van der Waals surface area contributed by atoms with Gasteiger partial charge in [0.25, 0.3) is 0 Å². The van der Waals surface area contributed by atoms with E-state index in [9.17, 15) is 0 Å². The van der Waals surface area contributed by atoms with Gasteiger partial charge in [-0.3, -0.25) is 0 Å². The minimum atomic E-state index is 0.292. The molecule has 4 heteroatoms. The summed E-state index contributed by atoms with van der Waals surface area (Å²) in [4.78, 5) is 9.35. The Hall–Kier alpha value is -2.75. The van der Waals surface area contributed by atoms with Gasteiger partial charge in [0, 0.05) is 31.4 Å². The first-order valence-corrected chi connectivity index (χ1v) is 8.43. The number of aryl methyl sites for hydroxylation is 1. The van der Waals surface area contributed by atoms with Crippen LogP contribution in [0, 0.1) is 6.92 Å². The number of hydrogen-bond acceptors (Lipinski definition) is 3. The fourth-order valence-electron chi connectivity index (χ4n) is 4.17. The molecule has 0 amide bonds. The van der Waals surface area contributed by atoms with Crippen molar-refractivity contribution in [2.24, 2.45) is 0 Å². The Kier molecular flexibility index (Phi) is 2.64. The highest BCUT2D eigenvalue weighted by atomic mass is 15.4. The largest absolute Gasteiger partial charge is 0.353 e. The van der Waals surface area contributed by atoms with Crippen LogP contribution in [0.15, 0.2) is 48.8 Å². The Morgan fingerprint density at radius 3 is 2.67 bits per heavy atom. The Bertz CT molecular complexity index is 956. The van der Waals surface area contributed by atoms with Crippen LogP contribution in [0.4, 0.5) is 17.1 Å². The fourth-order valence-corrected chi connectivity index (χ4v) is 4.17. The molecular weight excluding hydrogens is 296 g/mol. The lowest BCUT2D eigenvalue weighted by Crippen LogP contribution is -2.36. The lowest BCUT2D eigenvalue weighted by molar-refractivity contribution is 0.730. The van der Waals surface area contributed by atoms with Gasteiger partial charge >= 0.3 is 0 Å². The van der Waals surface area contributed by atoms with Gasteiger partial charge in [-0.25, -0.2) is 4.98 Å². The third-order valence-corrected chi connectivity index (χ3v) is 5.47. The molecular formula is C20H20N4. The normalized spacial score (nSPS) is 17.9. The van der Waals surface area contributed by atoms with Crippen molar-refractivity contribution in [1.82, 2.24) is 9.55 Å². The molecule has 2 aliphatic rings. The van der Waals surface area contributed by atoms with Crippen LogP contribution in [0.2, 0.25) is 0 Å². The average Bonchev–Trinajstić information content (AvgIpc) is 3.23. The summed E-state index contributed by atoms with van der Waals surface area (Å²) in [5.41, 5.74) is 7.88. The maximum absolute atomic E-state index is 4.52. The number of nitrogens with zero attached hydrogens (tertiary/aromatic N) is 4. The smallest absolute Gasteiger partial charge is 0.117 e. The number of aromatic nitrogens is 2. The number of rotatable bonds is 1. The van der Waals surface area contributed by atoms with Crippen LogP contribution < -0.4 is 9.80 Å². The molecule has 2 aromatic carbocycles. The summed E-state index contributed by atoms with van der Waals surface area (Å²) in [5.74, 6) is 1.13. The van der Waals surface area contributed by atoms with Crippen molar-refractivity contribution < 1.29 is 0 Å². The van der Waals surface area contributed by atoms with Crippen molar-refractivity contribution >= 4 is 17.1 Å². The molecule has 0 radical (unpaired) electrons. The zero-order valence-electron chi connectivity index (χ0n) is 14.2. The van der Waals surface area contributed by atoms with Gasteiger partial charge in [-0.2, -0.15) is 0 Å². The quantitative estimate of drug-likeness (QED) is 0.530. The number of benzene rings is 2. The lowest BCUT2D eigenvalue weighted by Gasteiger charge is -2.30. The van der Waals surface area contributed by atoms with E-state index >= 15 is 0 Å². The summed E-state index contributed by atoms with van der Waals surface area (Å²) in [5, 5.41) is 0. The average molecular weight is 316 g/mol. The standard InChI is InChI=1S/C20H20N4/c1-13-8-9-16-15(12-19-21-10-11-23(16)19)20(13)24-14(2)22(3)17-6-4-5-7-18(17)24/h4-11,14H,12H2,1-3H3/t14-/m0/s1. The molecule has 0 saturated carbocycles. The molecule has 5 rings (SSSR count). The van der Waals surface area contributed by atoms with Gasteiger partial charge in [-0.05, 0) is 37.6 Å². The SMILES string of the molecule is Cc1ccc2c(c1N1c3ccccc3N(C)[C@@H]1C)Cc1nccn1-2. The Morgan fingerprint density at radius 1 is 1.04 bits per heavy atom. The second kappa shape index (κ2) is 4.63. The van der Waals surface area contributed by atoms with Crippen molar-refractivity contribution in [1.29, 1.82) is 0 Å². The van der Waals surface area contributed by atoms with Crippen LogP contribution in [0.1, 0.15) is 23.9 Å². The Morgan fingerprint density at radius 2 is 1.83 bits per heavy atom. The van der Waals surface area contributed by atoms with Crippen LogP contribution in [-0.2, 0) is 6.42 Å². The Balaban J connectivity index is 1.75. The molecule has 0 aliphatic carbocycles. The van der Waals surface area contributed by atoms with Gasteiger partial charge in [0.2, 0.25) is 0 Å². The summed E-state index contributed by atoms with van der Waals surface area (Å²) < 4.78 is 2.22. The molecule has 4 nitrogen and oxygen atoms in total. The molecule has 3 aromatic rings. The number of fused-ring (bicyclic) bond motifs is 4. The van der Waals surface area contributed by atoms with Crippen molar-refractivity contribution in [3.05, 3.63) is 65.7 Å². The first-order valence-electron chi connectivity index (χ1n) is 8.43. The van der Waals surface area contributed by atoms with Gasteiger partial charge in [0.15, 0.2) is 0 Å². The highest BCUT2D eigenvalue weighted by Crippen LogP contribution is 2.47. The van der Waals surface area contributed by atoms with Gasteiger partial charge < -0.3 is 14.4 Å². The van der Waals surface area contributed by atoms with E-state index in [0.29, 0.717) is 6.17 Å². The highest BCUT2D eigenvalue weighted by Gasteiger charge is 2.35.